The lowest BCUT2D eigenvalue weighted by molar-refractivity contribution is -0.121. The van der Waals surface area contributed by atoms with Crippen molar-refractivity contribution in [3.8, 4) is 5.69 Å². The molecule has 3 rings (SSSR count). The Morgan fingerprint density at radius 1 is 1.21 bits per heavy atom. The van der Waals surface area contributed by atoms with Gasteiger partial charge in [-0.1, -0.05) is 36.0 Å². The topological polar surface area (TPSA) is 73.2 Å². The van der Waals surface area contributed by atoms with Crippen molar-refractivity contribution in [3.63, 3.8) is 0 Å². The molecule has 0 aliphatic rings. The standard InChI is InChI=1S/C21H22FN3O3S/c1-28-13-12-23-19(26)11-6-14-29-21-24-17-9-4-2-7-15(17)20(27)25(21)18-10-5-3-8-16(18)22/h2-5,7-10H,6,11-14H2,1H3,(H,23,26). The van der Waals surface area contributed by atoms with Gasteiger partial charge in [0.2, 0.25) is 5.91 Å². The normalized spacial score (nSPS) is 11.0. The van der Waals surface area contributed by atoms with Gasteiger partial charge in [-0.2, -0.15) is 0 Å². The minimum absolute atomic E-state index is 0.0550. The second kappa shape index (κ2) is 10.2. The molecule has 0 fully saturated rings. The van der Waals surface area contributed by atoms with E-state index in [2.05, 4.69) is 10.3 Å². The highest BCUT2D eigenvalue weighted by Gasteiger charge is 2.15. The van der Waals surface area contributed by atoms with E-state index in [9.17, 15) is 14.0 Å². The first kappa shape index (κ1) is 21.0. The number of benzene rings is 2. The number of halogens is 1. The van der Waals surface area contributed by atoms with Gasteiger partial charge in [-0.05, 0) is 30.7 Å². The van der Waals surface area contributed by atoms with Gasteiger partial charge in [0.15, 0.2) is 5.16 Å². The minimum Gasteiger partial charge on any atom is -0.383 e. The SMILES string of the molecule is COCCNC(=O)CCCSc1nc2ccccc2c(=O)n1-c1ccccc1F. The Bertz CT molecular complexity index is 1050. The predicted molar refractivity (Wildman–Crippen MR) is 112 cm³/mol. The summed E-state index contributed by atoms with van der Waals surface area (Å²) < 4.78 is 20.6. The Balaban J connectivity index is 1.81. The molecule has 0 spiro atoms. The molecule has 0 bridgehead atoms. The predicted octanol–water partition coefficient (Wildman–Crippen LogP) is 3.16. The van der Waals surface area contributed by atoms with Crippen LogP contribution in [0.4, 0.5) is 4.39 Å². The van der Waals surface area contributed by atoms with Gasteiger partial charge in [0.05, 0.1) is 23.2 Å². The second-order valence-corrected chi connectivity index (χ2v) is 7.36. The van der Waals surface area contributed by atoms with Gasteiger partial charge in [-0.15, -0.1) is 0 Å². The average molecular weight is 415 g/mol. The summed E-state index contributed by atoms with van der Waals surface area (Å²) in [6.45, 7) is 0.942. The number of carbonyl (C=O) groups is 1. The summed E-state index contributed by atoms with van der Waals surface area (Å²) in [5.74, 6) is 0.0170. The van der Waals surface area contributed by atoms with Crippen molar-refractivity contribution in [2.24, 2.45) is 0 Å². The number of carbonyl (C=O) groups excluding carboxylic acids is 1. The summed E-state index contributed by atoms with van der Waals surface area (Å²) in [6, 6.07) is 13.1. The Labute approximate surface area is 172 Å². The zero-order valence-electron chi connectivity index (χ0n) is 16.1. The average Bonchev–Trinajstić information content (AvgIpc) is 2.72. The highest BCUT2D eigenvalue weighted by atomic mass is 32.2. The van der Waals surface area contributed by atoms with Crippen LogP contribution in [0, 0.1) is 5.82 Å². The van der Waals surface area contributed by atoms with Gasteiger partial charge < -0.3 is 10.1 Å². The van der Waals surface area contributed by atoms with Crippen molar-refractivity contribution in [2.45, 2.75) is 18.0 Å². The van der Waals surface area contributed by atoms with Crippen LogP contribution < -0.4 is 10.9 Å². The van der Waals surface area contributed by atoms with Crippen molar-refractivity contribution in [1.82, 2.24) is 14.9 Å². The first-order valence-corrected chi connectivity index (χ1v) is 10.3. The molecule has 3 aromatic rings. The van der Waals surface area contributed by atoms with Crippen LogP contribution in [0.2, 0.25) is 0 Å². The van der Waals surface area contributed by atoms with Crippen LogP contribution in [-0.4, -0.2) is 41.5 Å². The van der Waals surface area contributed by atoms with Crippen molar-refractivity contribution in [3.05, 3.63) is 64.7 Å². The van der Waals surface area contributed by atoms with Gasteiger partial charge >= 0.3 is 0 Å². The lowest BCUT2D eigenvalue weighted by atomic mass is 10.2. The van der Waals surface area contributed by atoms with Crippen LogP contribution >= 0.6 is 11.8 Å². The van der Waals surface area contributed by atoms with Gasteiger partial charge in [0.1, 0.15) is 5.82 Å². The fraction of sp³-hybridized carbons (Fsp3) is 0.286. The van der Waals surface area contributed by atoms with E-state index in [0.717, 1.165) is 0 Å². The number of hydrogen-bond donors (Lipinski definition) is 1. The number of rotatable bonds is 9. The highest BCUT2D eigenvalue weighted by Crippen LogP contribution is 2.23. The molecule has 0 saturated carbocycles. The van der Waals surface area contributed by atoms with Crippen LogP contribution in [-0.2, 0) is 9.53 Å². The fourth-order valence-corrected chi connectivity index (χ4v) is 3.78. The lowest BCUT2D eigenvalue weighted by Gasteiger charge is -2.13. The molecule has 0 aliphatic carbocycles. The van der Waals surface area contributed by atoms with E-state index >= 15 is 0 Å². The number of thioether (sulfide) groups is 1. The van der Waals surface area contributed by atoms with Crippen LogP contribution in [0.1, 0.15) is 12.8 Å². The summed E-state index contributed by atoms with van der Waals surface area (Å²) in [5.41, 5.74) is 0.404. The molecule has 8 heteroatoms. The van der Waals surface area contributed by atoms with Crippen LogP contribution in [0.15, 0.2) is 58.5 Å². The smallest absolute Gasteiger partial charge is 0.266 e. The Morgan fingerprint density at radius 2 is 1.97 bits per heavy atom. The molecule has 0 saturated heterocycles. The summed E-state index contributed by atoms with van der Waals surface area (Å²) in [4.78, 5) is 29.4. The maximum Gasteiger partial charge on any atom is 0.266 e. The third-order valence-corrected chi connectivity index (χ3v) is 5.27. The number of ether oxygens (including phenoxy) is 1. The zero-order chi connectivity index (χ0) is 20.6. The summed E-state index contributed by atoms with van der Waals surface area (Å²) in [5, 5.41) is 3.60. The second-order valence-electron chi connectivity index (χ2n) is 6.30. The molecule has 1 N–H and O–H groups in total. The molecular weight excluding hydrogens is 393 g/mol. The molecule has 2 aromatic carbocycles. The third kappa shape index (κ3) is 5.21. The maximum absolute atomic E-state index is 14.4. The lowest BCUT2D eigenvalue weighted by Crippen LogP contribution is -2.26. The monoisotopic (exact) mass is 415 g/mol. The van der Waals surface area contributed by atoms with E-state index in [4.69, 9.17) is 4.74 Å². The number of nitrogens with zero attached hydrogens (tertiary/aromatic N) is 2. The van der Waals surface area contributed by atoms with Crippen molar-refractivity contribution in [1.29, 1.82) is 0 Å². The fourth-order valence-electron chi connectivity index (χ4n) is 2.83. The van der Waals surface area contributed by atoms with E-state index in [1.165, 1.54) is 22.4 Å². The minimum atomic E-state index is -0.494. The number of nitrogens with one attached hydrogen (secondary N) is 1. The Kier molecular flexibility index (Phi) is 7.37. The summed E-state index contributed by atoms with van der Waals surface area (Å²) in [6.07, 6.45) is 0.956. The van der Waals surface area contributed by atoms with Crippen molar-refractivity contribution >= 4 is 28.6 Å². The van der Waals surface area contributed by atoms with E-state index in [1.807, 2.05) is 0 Å². The molecular formula is C21H22FN3O3S. The molecule has 29 heavy (non-hydrogen) atoms. The van der Waals surface area contributed by atoms with Gasteiger partial charge in [-0.25, -0.2) is 9.37 Å². The van der Waals surface area contributed by atoms with E-state index < -0.39 is 5.82 Å². The number of hydrogen-bond acceptors (Lipinski definition) is 5. The van der Waals surface area contributed by atoms with Gasteiger partial charge in [0.25, 0.3) is 5.56 Å². The van der Waals surface area contributed by atoms with E-state index in [-0.39, 0.29) is 17.2 Å². The molecule has 0 unspecified atom stereocenters. The molecule has 1 amide bonds. The first-order valence-electron chi connectivity index (χ1n) is 9.27. The quantitative estimate of drug-likeness (QED) is 0.330. The van der Waals surface area contributed by atoms with Crippen LogP contribution in [0.5, 0.6) is 0 Å². The Hall–Kier alpha value is -2.71. The molecule has 6 nitrogen and oxygen atoms in total. The number of methoxy groups -OCH3 is 1. The molecule has 1 aromatic heterocycles. The number of para-hydroxylation sites is 2. The van der Waals surface area contributed by atoms with Crippen molar-refractivity contribution < 1.29 is 13.9 Å². The Morgan fingerprint density at radius 3 is 2.76 bits per heavy atom. The zero-order valence-corrected chi connectivity index (χ0v) is 16.9. The van der Waals surface area contributed by atoms with Gasteiger partial charge in [0, 0.05) is 25.8 Å². The van der Waals surface area contributed by atoms with E-state index in [0.29, 0.717) is 47.8 Å². The molecule has 0 radical (unpaired) electrons. The maximum atomic E-state index is 14.4. The molecule has 1 heterocycles. The summed E-state index contributed by atoms with van der Waals surface area (Å²) in [7, 11) is 1.58. The molecule has 152 valence electrons. The summed E-state index contributed by atoms with van der Waals surface area (Å²) >= 11 is 1.33. The number of fused-ring (bicyclic) bond motifs is 1. The van der Waals surface area contributed by atoms with Gasteiger partial charge in [-0.3, -0.25) is 14.2 Å². The first-order chi connectivity index (χ1) is 14.1. The van der Waals surface area contributed by atoms with Crippen LogP contribution in [0.3, 0.4) is 0 Å². The number of aromatic nitrogens is 2. The van der Waals surface area contributed by atoms with Crippen LogP contribution in [0.25, 0.3) is 16.6 Å². The molecule has 0 atom stereocenters. The largest absolute Gasteiger partial charge is 0.383 e. The van der Waals surface area contributed by atoms with Crippen molar-refractivity contribution in [2.75, 3.05) is 26.0 Å². The number of amides is 1. The van der Waals surface area contributed by atoms with E-state index in [1.54, 1.807) is 49.6 Å². The highest BCUT2D eigenvalue weighted by molar-refractivity contribution is 7.99. The molecule has 0 aliphatic heterocycles. The third-order valence-electron chi connectivity index (χ3n) is 4.25.